The van der Waals surface area contributed by atoms with E-state index >= 15 is 0 Å². The van der Waals surface area contributed by atoms with Crippen LogP contribution in [0.1, 0.15) is 49.9 Å². The lowest BCUT2D eigenvalue weighted by molar-refractivity contribution is 0.0888. The SMILES string of the molecule is CC(C)C1CCCCC1NC(=O)c1cc(Cl)nnc1Cl. The van der Waals surface area contributed by atoms with Crippen molar-refractivity contribution >= 4 is 29.1 Å². The predicted octanol–water partition coefficient (Wildman–Crippen LogP) is 3.73. The zero-order chi connectivity index (χ0) is 14.7. The zero-order valence-corrected chi connectivity index (χ0v) is 13.2. The van der Waals surface area contributed by atoms with E-state index in [2.05, 4.69) is 29.4 Å². The van der Waals surface area contributed by atoms with Gasteiger partial charge >= 0.3 is 0 Å². The van der Waals surface area contributed by atoms with E-state index < -0.39 is 0 Å². The first-order chi connectivity index (χ1) is 9.49. The van der Waals surface area contributed by atoms with Gasteiger partial charge in [0.05, 0.1) is 5.56 Å². The molecule has 1 aliphatic carbocycles. The van der Waals surface area contributed by atoms with Gasteiger partial charge in [-0.15, -0.1) is 10.2 Å². The highest BCUT2D eigenvalue weighted by atomic mass is 35.5. The van der Waals surface area contributed by atoms with Gasteiger partial charge in [0.15, 0.2) is 10.3 Å². The summed E-state index contributed by atoms with van der Waals surface area (Å²) in [6.07, 6.45) is 4.56. The molecule has 1 aromatic heterocycles. The van der Waals surface area contributed by atoms with Gasteiger partial charge in [0, 0.05) is 6.04 Å². The number of nitrogens with one attached hydrogen (secondary N) is 1. The average molecular weight is 316 g/mol. The Morgan fingerprint density at radius 1 is 1.30 bits per heavy atom. The minimum atomic E-state index is -0.218. The van der Waals surface area contributed by atoms with Gasteiger partial charge in [0.1, 0.15) is 0 Å². The second-order valence-electron chi connectivity index (χ2n) is 5.64. The maximum Gasteiger partial charge on any atom is 0.254 e. The highest BCUT2D eigenvalue weighted by molar-refractivity contribution is 6.34. The van der Waals surface area contributed by atoms with E-state index in [4.69, 9.17) is 23.2 Å². The molecule has 0 aliphatic heterocycles. The maximum atomic E-state index is 12.3. The molecular formula is C14H19Cl2N3O. The molecule has 20 heavy (non-hydrogen) atoms. The zero-order valence-electron chi connectivity index (χ0n) is 11.7. The van der Waals surface area contributed by atoms with Crippen LogP contribution in [0.25, 0.3) is 0 Å². The van der Waals surface area contributed by atoms with Gasteiger partial charge in [0.25, 0.3) is 5.91 Å². The number of rotatable bonds is 3. The molecular weight excluding hydrogens is 297 g/mol. The van der Waals surface area contributed by atoms with Crippen LogP contribution in [0.5, 0.6) is 0 Å². The van der Waals surface area contributed by atoms with Crippen molar-refractivity contribution in [2.75, 3.05) is 0 Å². The molecule has 1 fully saturated rings. The van der Waals surface area contributed by atoms with Crippen LogP contribution < -0.4 is 5.32 Å². The van der Waals surface area contributed by atoms with Crippen molar-refractivity contribution in [1.29, 1.82) is 0 Å². The molecule has 0 aromatic carbocycles. The first-order valence-electron chi connectivity index (χ1n) is 6.98. The molecule has 0 bridgehead atoms. The van der Waals surface area contributed by atoms with Crippen molar-refractivity contribution in [1.82, 2.24) is 15.5 Å². The van der Waals surface area contributed by atoms with Gasteiger partial charge < -0.3 is 5.32 Å². The largest absolute Gasteiger partial charge is 0.349 e. The van der Waals surface area contributed by atoms with Crippen molar-refractivity contribution in [2.45, 2.75) is 45.6 Å². The van der Waals surface area contributed by atoms with Crippen LogP contribution in [0.2, 0.25) is 10.3 Å². The number of carbonyl (C=O) groups excluding carboxylic acids is 1. The van der Waals surface area contributed by atoms with Crippen LogP contribution in [-0.2, 0) is 0 Å². The summed E-state index contributed by atoms with van der Waals surface area (Å²) < 4.78 is 0. The lowest BCUT2D eigenvalue weighted by Crippen LogP contribution is -2.44. The van der Waals surface area contributed by atoms with Crippen molar-refractivity contribution in [3.63, 3.8) is 0 Å². The third kappa shape index (κ3) is 3.61. The Labute approximate surface area is 129 Å². The molecule has 0 spiro atoms. The molecule has 1 saturated carbocycles. The molecule has 1 aromatic rings. The number of nitrogens with zero attached hydrogens (tertiary/aromatic N) is 2. The minimum Gasteiger partial charge on any atom is -0.349 e. The summed E-state index contributed by atoms with van der Waals surface area (Å²) in [5.74, 6) is 0.844. The highest BCUT2D eigenvalue weighted by Crippen LogP contribution is 2.30. The lowest BCUT2D eigenvalue weighted by Gasteiger charge is -2.34. The third-order valence-corrected chi connectivity index (χ3v) is 4.42. The van der Waals surface area contributed by atoms with Gasteiger partial charge in [-0.3, -0.25) is 4.79 Å². The molecule has 110 valence electrons. The second kappa shape index (κ2) is 6.72. The van der Waals surface area contributed by atoms with Gasteiger partial charge in [-0.2, -0.15) is 0 Å². The molecule has 2 rings (SSSR count). The fourth-order valence-corrected chi connectivity index (χ4v) is 3.22. The number of amides is 1. The summed E-state index contributed by atoms with van der Waals surface area (Å²) in [5.41, 5.74) is 0.291. The van der Waals surface area contributed by atoms with Gasteiger partial charge in [-0.1, -0.05) is 49.9 Å². The van der Waals surface area contributed by atoms with E-state index in [0.29, 0.717) is 17.4 Å². The topological polar surface area (TPSA) is 54.9 Å². The van der Waals surface area contributed by atoms with E-state index in [1.807, 2.05) is 0 Å². The number of carbonyl (C=O) groups is 1. The number of halogens is 2. The lowest BCUT2D eigenvalue weighted by atomic mass is 9.78. The number of hydrogen-bond acceptors (Lipinski definition) is 3. The van der Waals surface area contributed by atoms with E-state index in [1.165, 1.54) is 12.5 Å². The fraction of sp³-hybridized carbons (Fsp3) is 0.643. The van der Waals surface area contributed by atoms with Crippen LogP contribution in [0.4, 0.5) is 0 Å². The molecule has 0 radical (unpaired) electrons. The van der Waals surface area contributed by atoms with E-state index in [0.717, 1.165) is 19.3 Å². The van der Waals surface area contributed by atoms with Crippen LogP contribution in [0, 0.1) is 11.8 Å². The van der Waals surface area contributed by atoms with Gasteiger partial charge in [-0.25, -0.2) is 0 Å². The molecule has 1 heterocycles. The molecule has 2 unspecified atom stereocenters. The molecule has 4 nitrogen and oxygen atoms in total. The summed E-state index contributed by atoms with van der Waals surface area (Å²) in [6, 6.07) is 1.65. The minimum absolute atomic E-state index is 0.0869. The molecule has 2 atom stereocenters. The highest BCUT2D eigenvalue weighted by Gasteiger charge is 2.29. The third-order valence-electron chi connectivity index (χ3n) is 3.96. The Balaban J connectivity index is 2.11. The first kappa shape index (κ1) is 15.5. The Hall–Kier alpha value is -0.870. The second-order valence-corrected chi connectivity index (χ2v) is 6.39. The summed E-state index contributed by atoms with van der Waals surface area (Å²) >= 11 is 11.7. The molecule has 1 aliphatic rings. The van der Waals surface area contributed by atoms with Crippen LogP contribution in [0.15, 0.2) is 6.07 Å². The van der Waals surface area contributed by atoms with Gasteiger partial charge in [-0.05, 0) is 30.7 Å². The van der Waals surface area contributed by atoms with Crippen molar-refractivity contribution < 1.29 is 4.79 Å². The average Bonchev–Trinajstić information content (AvgIpc) is 2.41. The predicted molar refractivity (Wildman–Crippen MR) is 80.1 cm³/mol. The molecule has 1 N–H and O–H groups in total. The summed E-state index contributed by atoms with van der Waals surface area (Å²) in [7, 11) is 0. The Morgan fingerprint density at radius 2 is 2.00 bits per heavy atom. The Bertz CT molecular complexity index is 493. The monoisotopic (exact) mass is 315 g/mol. The molecule has 6 heteroatoms. The summed E-state index contributed by atoms with van der Waals surface area (Å²) in [5, 5.41) is 10.6. The quantitative estimate of drug-likeness (QED) is 0.924. The summed E-state index contributed by atoms with van der Waals surface area (Å²) in [4.78, 5) is 12.3. The maximum absolute atomic E-state index is 12.3. The fourth-order valence-electron chi connectivity index (χ4n) is 2.90. The van der Waals surface area contributed by atoms with Crippen molar-refractivity contribution in [3.05, 3.63) is 21.9 Å². The first-order valence-corrected chi connectivity index (χ1v) is 7.74. The number of aromatic nitrogens is 2. The Morgan fingerprint density at radius 3 is 2.70 bits per heavy atom. The Kier molecular flexibility index (Phi) is 5.22. The van der Waals surface area contributed by atoms with Crippen LogP contribution in [-0.4, -0.2) is 22.1 Å². The van der Waals surface area contributed by atoms with Gasteiger partial charge in [0.2, 0.25) is 0 Å². The smallest absolute Gasteiger partial charge is 0.254 e. The van der Waals surface area contributed by atoms with E-state index in [-0.39, 0.29) is 22.3 Å². The van der Waals surface area contributed by atoms with Crippen LogP contribution >= 0.6 is 23.2 Å². The van der Waals surface area contributed by atoms with Crippen molar-refractivity contribution in [2.24, 2.45) is 11.8 Å². The van der Waals surface area contributed by atoms with E-state index in [1.54, 1.807) is 0 Å². The molecule has 1 amide bonds. The normalized spacial score (nSPS) is 22.9. The number of hydrogen-bond donors (Lipinski definition) is 1. The molecule has 0 saturated heterocycles. The standard InChI is InChI=1S/C14H19Cl2N3O/c1-8(2)9-5-3-4-6-11(9)17-14(20)10-7-12(15)18-19-13(10)16/h7-9,11H,3-6H2,1-2H3,(H,17,20). The van der Waals surface area contributed by atoms with E-state index in [9.17, 15) is 4.79 Å². The summed E-state index contributed by atoms with van der Waals surface area (Å²) in [6.45, 7) is 4.40. The van der Waals surface area contributed by atoms with Crippen molar-refractivity contribution in [3.8, 4) is 0 Å². The van der Waals surface area contributed by atoms with Crippen LogP contribution in [0.3, 0.4) is 0 Å².